The molecule has 0 fully saturated rings. The lowest BCUT2D eigenvalue weighted by molar-refractivity contribution is -0.141. The molecule has 2 rings (SSSR count). The van der Waals surface area contributed by atoms with Crippen molar-refractivity contribution in [3.63, 3.8) is 0 Å². The number of rotatable bonds is 13. The molecule has 2 aromatic carbocycles. The second kappa shape index (κ2) is 13.1. The van der Waals surface area contributed by atoms with Gasteiger partial charge in [-0.05, 0) is 61.7 Å². The van der Waals surface area contributed by atoms with Crippen molar-refractivity contribution in [3.05, 3.63) is 59.9 Å². The van der Waals surface area contributed by atoms with Gasteiger partial charge in [0.25, 0.3) is 0 Å². The zero-order valence-corrected chi connectivity index (χ0v) is 21.5. The van der Waals surface area contributed by atoms with E-state index in [0.29, 0.717) is 24.4 Å². The van der Waals surface area contributed by atoms with E-state index in [0.717, 1.165) is 16.1 Å². The van der Waals surface area contributed by atoms with Crippen LogP contribution in [0.2, 0.25) is 0 Å². The molecule has 2 amide bonds. The molecule has 0 heterocycles. The fourth-order valence-corrected chi connectivity index (χ4v) is 4.72. The number of halogens is 1. The maximum atomic E-state index is 13.3. The van der Waals surface area contributed by atoms with Crippen molar-refractivity contribution in [3.8, 4) is 5.75 Å². The molecule has 0 aliphatic heterocycles. The van der Waals surface area contributed by atoms with Gasteiger partial charge < -0.3 is 15.0 Å². The van der Waals surface area contributed by atoms with Crippen LogP contribution in [0.4, 0.5) is 10.1 Å². The number of ether oxygens (including phenoxy) is 1. The van der Waals surface area contributed by atoms with Crippen LogP contribution in [0.5, 0.6) is 5.75 Å². The Balaban J connectivity index is 2.19. The van der Waals surface area contributed by atoms with E-state index in [-0.39, 0.29) is 37.7 Å². The molecule has 10 heteroatoms. The fraction of sp³-hybridized carbons (Fsp3) is 0.440. The van der Waals surface area contributed by atoms with Crippen molar-refractivity contribution in [1.29, 1.82) is 0 Å². The number of nitrogens with one attached hydrogen (secondary N) is 1. The van der Waals surface area contributed by atoms with Gasteiger partial charge in [0.2, 0.25) is 21.8 Å². The Morgan fingerprint density at radius 2 is 1.69 bits per heavy atom. The molecule has 0 aliphatic carbocycles. The largest absolute Gasteiger partial charge is 0.497 e. The van der Waals surface area contributed by atoms with Crippen LogP contribution in [0.15, 0.2) is 48.5 Å². The number of carbonyl (C=O) groups excluding carboxylic acids is 2. The molecule has 0 bridgehead atoms. The highest BCUT2D eigenvalue weighted by molar-refractivity contribution is 7.92. The van der Waals surface area contributed by atoms with E-state index >= 15 is 0 Å². The van der Waals surface area contributed by atoms with Crippen molar-refractivity contribution in [2.45, 2.75) is 45.7 Å². The number of methoxy groups -OCH3 is 1. The number of hydrogen-bond acceptors (Lipinski definition) is 5. The van der Waals surface area contributed by atoms with Gasteiger partial charge in [0.1, 0.15) is 17.6 Å². The minimum atomic E-state index is -3.64. The summed E-state index contributed by atoms with van der Waals surface area (Å²) >= 11 is 0. The van der Waals surface area contributed by atoms with Gasteiger partial charge in [0.15, 0.2) is 0 Å². The van der Waals surface area contributed by atoms with Crippen molar-refractivity contribution in [1.82, 2.24) is 10.2 Å². The zero-order valence-electron chi connectivity index (χ0n) is 20.7. The molecule has 1 atom stereocenters. The Bertz CT molecular complexity index is 1080. The van der Waals surface area contributed by atoms with E-state index in [1.165, 1.54) is 29.2 Å². The number of benzene rings is 2. The van der Waals surface area contributed by atoms with E-state index in [2.05, 4.69) is 5.32 Å². The maximum Gasteiger partial charge on any atom is 0.242 e. The smallest absolute Gasteiger partial charge is 0.242 e. The van der Waals surface area contributed by atoms with Gasteiger partial charge in [-0.1, -0.05) is 19.1 Å². The Morgan fingerprint density at radius 3 is 2.20 bits per heavy atom. The van der Waals surface area contributed by atoms with Crippen LogP contribution < -0.4 is 14.4 Å². The topological polar surface area (TPSA) is 96.0 Å². The molecule has 2 aromatic rings. The Morgan fingerprint density at radius 1 is 1.06 bits per heavy atom. The third-order valence-corrected chi connectivity index (χ3v) is 6.71. The summed E-state index contributed by atoms with van der Waals surface area (Å²) in [7, 11) is -2.07. The minimum absolute atomic E-state index is 0.0409. The van der Waals surface area contributed by atoms with Gasteiger partial charge in [0, 0.05) is 26.1 Å². The second-order valence-corrected chi connectivity index (χ2v) is 10.0. The third kappa shape index (κ3) is 8.24. The SMILES string of the molecule is CCNC(=O)[C@@H](CC)N(Cc1ccc(OC)cc1)C(=O)CCCN(c1ccc(F)cc1)S(C)(=O)=O. The molecule has 35 heavy (non-hydrogen) atoms. The second-order valence-electron chi connectivity index (χ2n) is 8.10. The van der Waals surface area contributed by atoms with Gasteiger partial charge >= 0.3 is 0 Å². The molecule has 0 saturated carbocycles. The summed E-state index contributed by atoms with van der Waals surface area (Å²) in [4.78, 5) is 27.5. The Kier molecular flexibility index (Phi) is 10.5. The number of likely N-dealkylation sites (N-methyl/N-ethyl adjacent to an activating group) is 1. The van der Waals surface area contributed by atoms with E-state index in [1.807, 2.05) is 26.0 Å². The van der Waals surface area contributed by atoms with Crippen LogP contribution in [-0.4, -0.2) is 57.6 Å². The summed E-state index contributed by atoms with van der Waals surface area (Å²) in [6.45, 7) is 4.38. The summed E-state index contributed by atoms with van der Waals surface area (Å²) in [6.07, 6.45) is 1.77. The van der Waals surface area contributed by atoms with E-state index in [1.54, 1.807) is 19.2 Å². The fourth-order valence-electron chi connectivity index (χ4n) is 3.75. The molecule has 0 aliphatic rings. The highest BCUT2D eigenvalue weighted by Crippen LogP contribution is 2.20. The molecule has 0 spiro atoms. The lowest BCUT2D eigenvalue weighted by Crippen LogP contribution is -2.49. The number of anilines is 1. The number of amides is 2. The summed E-state index contributed by atoms with van der Waals surface area (Å²) in [5.74, 6) is -0.279. The number of hydrogen-bond donors (Lipinski definition) is 1. The van der Waals surface area contributed by atoms with Crippen LogP contribution in [0.1, 0.15) is 38.7 Å². The first kappa shape index (κ1) is 28.1. The average molecular weight is 508 g/mol. The van der Waals surface area contributed by atoms with Gasteiger partial charge in [-0.25, -0.2) is 12.8 Å². The molecule has 0 aromatic heterocycles. The quantitative estimate of drug-likeness (QED) is 0.449. The highest BCUT2D eigenvalue weighted by atomic mass is 32.2. The Labute approximate surface area is 207 Å². The summed E-state index contributed by atoms with van der Waals surface area (Å²) in [6, 6.07) is 11.7. The van der Waals surface area contributed by atoms with Crippen LogP contribution in [0.3, 0.4) is 0 Å². The van der Waals surface area contributed by atoms with Crippen molar-refractivity contribution in [2.24, 2.45) is 0 Å². The van der Waals surface area contributed by atoms with Gasteiger partial charge in [0.05, 0.1) is 19.1 Å². The molecule has 0 unspecified atom stereocenters. The monoisotopic (exact) mass is 507 g/mol. The number of carbonyl (C=O) groups is 2. The first-order chi connectivity index (χ1) is 16.6. The summed E-state index contributed by atoms with van der Waals surface area (Å²) < 4.78 is 44.2. The highest BCUT2D eigenvalue weighted by Gasteiger charge is 2.28. The third-order valence-electron chi connectivity index (χ3n) is 5.52. The van der Waals surface area contributed by atoms with Gasteiger partial charge in [-0.15, -0.1) is 0 Å². The van der Waals surface area contributed by atoms with Crippen LogP contribution >= 0.6 is 0 Å². The van der Waals surface area contributed by atoms with Crippen molar-refractivity contribution >= 4 is 27.5 Å². The van der Waals surface area contributed by atoms with E-state index in [9.17, 15) is 22.4 Å². The predicted molar refractivity (Wildman–Crippen MR) is 134 cm³/mol. The van der Waals surface area contributed by atoms with Gasteiger partial charge in [-0.3, -0.25) is 13.9 Å². The molecule has 0 saturated heterocycles. The van der Waals surface area contributed by atoms with Crippen LogP contribution in [0.25, 0.3) is 0 Å². The maximum absolute atomic E-state index is 13.3. The minimum Gasteiger partial charge on any atom is -0.497 e. The lowest BCUT2D eigenvalue weighted by atomic mass is 10.1. The zero-order chi connectivity index (χ0) is 26.0. The van der Waals surface area contributed by atoms with Crippen molar-refractivity contribution < 1.29 is 27.1 Å². The number of nitrogens with zero attached hydrogens (tertiary/aromatic N) is 2. The van der Waals surface area contributed by atoms with Crippen LogP contribution in [-0.2, 0) is 26.2 Å². The first-order valence-corrected chi connectivity index (χ1v) is 13.4. The molecule has 8 nitrogen and oxygen atoms in total. The van der Waals surface area contributed by atoms with Crippen LogP contribution in [0, 0.1) is 5.82 Å². The normalized spacial score (nSPS) is 12.0. The standard InChI is InChI=1S/C25H34FN3O5S/c1-5-23(25(31)27-6-2)28(18-19-9-15-22(34-3)16-10-19)24(30)8-7-17-29(35(4,32)33)21-13-11-20(26)12-14-21/h9-16,23H,5-8,17-18H2,1-4H3,(H,27,31)/t23-/m1/s1. The molecule has 1 N–H and O–H groups in total. The Hall–Kier alpha value is -3.14. The summed E-state index contributed by atoms with van der Waals surface area (Å²) in [5, 5.41) is 2.79. The van der Waals surface area contributed by atoms with Gasteiger partial charge in [-0.2, -0.15) is 0 Å². The van der Waals surface area contributed by atoms with E-state index in [4.69, 9.17) is 4.74 Å². The van der Waals surface area contributed by atoms with E-state index < -0.39 is 21.9 Å². The first-order valence-electron chi connectivity index (χ1n) is 11.5. The van der Waals surface area contributed by atoms with Crippen molar-refractivity contribution in [2.75, 3.05) is 30.8 Å². The number of sulfonamides is 1. The summed E-state index contributed by atoms with van der Waals surface area (Å²) in [5.41, 5.74) is 1.16. The molecule has 0 radical (unpaired) electrons. The molecular formula is C25H34FN3O5S. The average Bonchev–Trinajstić information content (AvgIpc) is 2.82. The molecule has 192 valence electrons. The molecular weight excluding hydrogens is 473 g/mol. The lowest BCUT2D eigenvalue weighted by Gasteiger charge is -2.31. The predicted octanol–water partition coefficient (Wildman–Crippen LogP) is 3.32.